The van der Waals surface area contributed by atoms with E-state index in [1.165, 1.54) is 0 Å². The van der Waals surface area contributed by atoms with E-state index in [9.17, 15) is 5.11 Å². The number of carbonyl (C=O) groups is 1. The Kier molecular flexibility index (Phi) is 4.99. The fraction of sp³-hybridized carbons (Fsp3) is 0.211. The predicted octanol–water partition coefficient (Wildman–Crippen LogP) is 6.30. The SMILES string of the molecule is Cc1ccc(C2=NOC34C5c6ccccc6C(c6ccccc65)C23C(=O)N(CCc2cccc3ccccc23)C4O)cc1. The van der Waals surface area contributed by atoms with E-state index in [1.807, 2.05) is 67.6 Å². The number of rotatable bonds is 4. The van der Waals surface area contributed by atoms with Gasteiger partial charge in [-0.15, -0.1) is 0 Å². The van der Waals surface area contributed by atoms with Crippen LogP contribution in [0.5, 0.6) is 0 Å². The minimum Gasteiger partial charge on any atom is -0.381 e. The number of carbonyl (C=O) groups excluding carboxylic acids is 1. The van der Waals surface area contributed by atoms with Gasteiger partial charge in [-0.25, -0.2) is 0 Å². The number of oxime groups is 1. The van der Waals surface area contributed by atoms with Crippen molar-refractivity contribution in [2.24, 2.45) is 10.6 Å². The Labute approximate surface area is 250 Å². The van der Waals surface area contributed by atoms with Crippen molar-refractivity contribution in [1.82, 2.24) is 4.90 Å². The van der Waals surface area contributed by atoms with Crippen LogP contribution in [0.15, 0.2) is 120 Å². The van der Waals surface area contributed by atoms with Crippen LogP contribution in [0.3, 0.4) is 0 Å². The summed E-state index contributed by atoms with van der Waals surface area (Å²) in [6, 6.07) is 39.5. The third-order valence-electron chi connectivity index (χ3n) is 10.5. The number of aliphatic hydroxyl groups excluding tert-OH is 1. The average molecular weight is 563 g/mol. The molecule has 5 nitrogen and oxygen atoms in total. The summed E-state index contributed by atoms with van der Waals surface area (Å²) in [5.74, 6) is -0.827. The molecule has 1 N–H and O–H groups in total. The lowest BCUT2D eigenvalue weighted by molar-refractivity contribution is -0.171. The summed E-state index contributed by atoms with van der Waals surface area (Å²) >= 11 is 0. The van der Waals surface area contributed by atoms with Gasteiger partial charge in [-0.2, -0.15) is 0 Å². The van der Waals surface area contributed by atoms with E-state index in [4.69, 9.17) is 9.99 Å². The van der Waals surface area contributed by atoms with Gasteiger partial charge in [-0.05, 0) is 51.9 Å². The molecular weight excluding hydrogens is 532 g/mol. The molecule has 3 unspecified atom stereocenters. The summed E-state index contributed by atoms with van der Waals surface area (Å²) in [6.07, 6.45) is -0.571. The first-order valence-electron chi connectivity index (χ1n) is 15.0. The largest absolute Gasteiger partial charge is 0.381 e. The number of amides is 1. The van der Waals surface area contributed by atoms with Crippen molar-refractivity contribution in [3.8, 4) is 0 Å². The highest BCUT2D eigenvalue weighted by molar-refractivity contribution is 6.22. The molecule has 0 saturated carbocycles. The van der Waals surface area contributed by atoms with Crippen molar-refractivity contribution < 1.29 is 14.7 Å². The lowest BCUT2D eigenvalue weighted by Crippen LogP contribution is -2.66. The molecule has 210 valence electrons. The molecule has 5 aromatic carbocycles. The summed E-state index contributed by atoms with van der Waals surface area (Å²) in [5, 5.41) is 19.6. The van der Waals surface area contributed by atoms with Crippen LogP contribution in [-0.2, 0) is 16.1 Å². The van der Waals surface area contributed by atoms with Gasteiger partial charge in [-0.1, -0.05) is 126 Å². The first-order chi connectivity index (χ1) is 21.1. The maximum atomic E-state index is 15.3. The molecule has 1 amide bonds. The summed E-state index contributed by atoms with van der Waals surface area (Å²) in [6.45, 7) is 2.42. The quantitative estimate of drug-likeness (QED) is 0.280. The van der Waals surface area contributed by atoms with Crippen LogP contribution >= 0.6 is 0 Å². The van der Waals surface area contributed by atoms with Crippen molar-refractivity contribution in [3.05, 3.63) is 154 Å². The Morgan fingerprint density at radius 1 is 0.767 bits per heavy atom. The zero-order valence-electron chi connectivity index (χ0n) is 23.8. The number of benzene rings is 5. The molecule has 1 fully saturated rings. The van der Waals surface area contributed by atoms with Crippen LogP contribution in [0.1, 0.15) is 50.8 Å². The minimum absolute atomic E-state index is 0.115. The fourth-order valence-electron chi connectivity index (χ4n) is 8.76. The number of hydrogen-bond donors (Lipinski definition) is 1. The van der Waals surface area contributed by atoms with E-state index in [-0.39, 0.29) is 17.7 Å². The van der Waals surface area contributed by atoms with Gasteiger partial charge in [0.15, 0.2) is 11.6 Å². The Hall–Kier alpha value is -4.74. The molecule has 0 spiro atoms. The number of aliphatic hydroxyl groups is 1. The lowest BCUT2D eigenvalue weighted by Gasteiger charge is -2.56. The summed E-state index contributed by atoms with van der Waals surface area (Å²) in [4.78, 5) is 23.6. The first-order valence-corrected chi connectivity index (χ1v) is 15.0. The van der Waals surface area contributed by atoms with Crippen molar-refractivity contribution >= 4 is 22.4 Å². The highest BCUT2D eigenvalue weighted by Gasteiger charge is 2.85. The zero-order chi connectivity index (χ0) is 28.9. The molecular formula is C38H30N2O3. The maximum absolute atomic E-state index is 15.3. The molecule has 5 heteroatoms. The fourth-order valence-corrected chi connectivity index (χ4v) is 8.76. The minimum atomic E-state index is -1.30. The van der Waals surface area contributed by atoms with Gasteiger partial charge in [0.25, 0.3) is 0 Å². The van der Waals surface area contributed by atoms with E-state index < -0.39 is 17.2 Å². The molecule has 5 aromatic rings. The summed E-state index contributed by atoms with van der Waals surface area (Å²) in [7, 11) is 0. The molecule has 0 aromatic heterocycles. The molecule has 0 radical (unpaired) electrons. The molecule has 5 aliphatic rings. The van der Waals surface area contributed by atoms with E-state index in [2.05, 4.69) is 54.6 Å². The highest BCUT2D eigenvalue weighted by atomic mass is 16.7. The second kappa shape index (κ2) is 8.65. The zero-order valence-corrected chi connectivity index (χ0v) is 23.8. The molecule has 10 rings (SSSR count). The van der Waals surface area contributed by atoms with Crippen LogP contribution in [0.25, 0.3) is 10.8 Å². The molecule has 1 saturated heterocycles. The van der Waals surface area contributed by atoms with Crippen LogP contribution in [0.4, 0.5) is 0 Å². The van der Waals surface area contributed by atoms with Gasteiger partial charge in [0.05, 0.1) is 5.92 Å². The second-order valence-electron chi connectivity index (χ2n) is 12.4. The van der Waals surface area contributed by atoms with Crippen LogP contribution in [0.2, 0.25) is 0 Å². The van der Waals surface area contributed by atoms with Gasteiger partial charge in [0, 0.05) is 18.0 Å². The molecule has 2 aliphatic heterocycles. The number of nitrogens with zero attached hydrogens (tertiary/aromatic N) is 2. The summed E-state index contributed by atoms with van der Waals surface area (Å²) < 4.78 is 0. The van der Waals surface area contributed by atoms with E-state index in [1.54, 1.807) is 4.90 Å². The average Bonchev–Trinajstić information content (AvgIpc) is 3.51. The smallest absolute Gasteiger partial charge is 0.242 e. The topological polar surface area (TPSA) is 62.1 Å². The van der Waals surface area contributed by atoms with Gasteiger partial charge < -0.3 is 14.8 Å². The van der Waals surface area contributed by atoms with Gasteiger partial charge in [0.2, 0.25) is 11.5 Å². The van der Waals surface area contributed by atoms with E-state index >= 15 is 4.79 Å². The number of likely N-dealkylation sites (tertiary alicyclic amines) is 1. The number of aryl methyl sites for hydroxylation is 1. The third-order valence-corrected chi connectivity index (χ3v) is 10.5. The normalized spacial score (nSPS) is 27.8. The van der Waals surface area contributed by atoms with Crippen LogP contribution in [0, 0.1) is 12.3 Å². The van der Waals surface area contributed by atoms with Gasteiger partial charge >= 0.3 is 0 Å². The number of fused-ring (bicyclic) bond motifs is 1. The van der Waals surface area contributed by atoms with Crippen LogP contribution in [-0.4, -0.2) is 40.0 Å². The van der Waals surface area contributed by atoms with Crippen molar-refractivity contribution in [1.29, 1.82) is 0 Å². The number of hydrogen-bond acceptors (Lipinski definition) is 4. The molecule has 3 aliphatic carbocycles. The summed E-state index contributed by atoms with van der Waals surface area (Å²) in [5.41, 5.74) is 5.67. The van der Waals surface area contributed by atoms with Crippen molar-refractivity contribution in [2.45, 2.75) is 37.0 Å². The van der Waals surface area contributed by atoms with Gasteiger partial charge in [0.1, 0.15) is 5.71 Å². The van der Waals surface area contributed by atoms with E-state index in [0.717, 1.165) is 49.7 Å². The predicted molar refractivity (Wildman–Crippen MR) is 166 cm³/mol. The Morgan fingerprint density at radius 2 is 1.37 bits per heavy atom. The first kappa shape index (κ1) is 24.8. The Morgan fingerprint density at radius 3 is 2.07 bits per heavy atom. The van der Waals surface area contributed by atoms with Crippen molar-refractivity contribution in [3.63, 3.8) is 0 Å². The molecule has 3 atom stereocenters. The highest BCUT2D eigenvalue weighted by Crippen LogP contribution is 2.73. The monoisotopic (exact) mass is 562 g/mol. The van der Waals surface area contributed by atoms with Gasteiger partial charge in [-0.3, -0.25) is 4.79 Å². The molecule has 43 heavy (non-hydrogen) atoms. The van der Waals surface area contributed by atoms with Crippen LogP contribution < -0.4 is 0 Å². The standard InChI is InChI=1S/C38H30N2O3/c1-23-17-19-26(20-18-23)34-37-32-28-13-4-6-15-30(28)33(31-16-7-5-14-29(31)32)38(37,43-39-34)36(42)40(35(37)41)22-21-25-11-8-10-24-9-2-3-12-27(24)25/h2-20,32-33,36,42H,21-22H2,1H3. The molecule has 2 bridgehead atoms. The third kappa shape index (κ3) is 2.91. The maximum Gasteiger partial charge on any atom is 0.242 e. The van der Waals surface area contributed by atoms with E-state index in [0.29, 0.717) is 18.7 Å². The van der Waals surface area contributed by atoms with Crippen molar-refractivity contribution in [2.75, 3.05) is 6.54 Å². The Bertz CT molecular complexity index is 1950. The second-order valence-corrected chi connectivity index (χ2v) is 12.4. The Balaban J connectivity index is 1.26. The molecule has 2 heterocycles. The lowest BCUT2D eigenvalue weighted by atomic mass is 9.44.